The minimum absolute atomic E-state index is 0.184. The molecule has 0 amide bonds. The Kier molecular flexibility index (Phi) is 6.08. The van der Waals surface area contributed by atoms with Crippen LogP contribution in [-0.2, 0) is 21.3 Å². The molecule has 176 valence electrons. The van der Waals surface area contributed by atoms with E-state index in [4.69, 9.17) is 25.4 Å². The van der Waals surface area contributed by atoms with Crippen molar-refractivity contribution in [2.75, 3.05) is 43.2 Å². The van der Waals surface area contributed by atoms with Gasteiger partial charge in [-0.2, -0.15) is 0 Å². The van der Waals surface area contributed by atoms with Crippen molar-refractivity contribution in [2.24, 2.45) is 0 Å². The number of aromatic nitrogens is 5. The molecule has 1 fully saturated rings. The Morgan fingerprint density at radius 3 is 2.62 bits per heavy atom. The Bertz CT molecular complexity index is 1430. The Morgan fingerprint density at radius 1 is 1.12 bits per heavy atom. The summed E-state index contributed by atoms with van der Waals surface area (Å²) < 4.78 is 31.0. The lowest BCUT2D eigenvalue weighted by Crippen LogP contribution is -2.37. The van der Waals surface area contributed by atoms with Crippen LogP contribution in [0.15, 0.2) is 36.7 Å². The average Bonchev–Trinajstić information content (AvgIpc) is 3.27. The van der Waals surface area contributed by atoms with E-state index in [1.165, 1.54) is 11.3 Å². The van der Waals surface area contributed by atoms with Crippen molar-refractivity contribution in [1.29, 1.82) is 0 Å². The summed E-state index contributed by atoms with van der Waals surface area (Å²) in [4.78, 5) is 25.4. The summed E-state index contributed by atoms with van der Waals surface area (Å²) in [5, 5.41) is 0.769. The third-order valence-corrected chi connectivity index (χ3v) is 6.86. The summed E-state index contributed by atoms with van der Waals surface area (Å²) >= 11 is 1.45. The highest BCUT2D eigenvalue weighted by Gasteiger charge is 2.22. The van der Waals surface area contributed by atoms with Gasteiger partial charge in [-0.25, -0.2) is 38.1 Å². The summed E-state index contributed by atoms with van der Waals surface area (Å²) in [6.45, 7) is 2.82. The largest absolute Gasteiger partial charge is 0.378 e. The number of fused-ring (bicyclic) bond motifs is 1. The molecule has 1 aliphatic heterocycles. The lowest BCUT2D eigenvalue weighted by Gasteiger charge is -2.28. The predicted molar refractivity (Wildman–Crippen MR) is 131 cm³/mol. The highest BCUT2D eigenvalue weighted by molar-refractivity contribution is 7.88. The maximum atomic E-state index is 11.5. The predicted octanol–water partition coefficient (Wildman–Crippen LogP) is 1.68. The van der Waals surface area contributed by atoms with Crippen LogP contribution in [0.25, 0.3) is 32.3 Å². The van der Waals surface area contributed by atoms with E-state index in [0.717, 1.165) is 33.0 Å². The van der Waals surface area contributed by atoms with Crippen LogP contribution >= 0.6 is 11.3 Å². The van der Waals surface area contributed by atoms with Crippen LogP contribution in [0.4, 0.5) is 11.8 Å². The van der Waals surface area contributed by atoms with Crippen molar-refractivity contribution >= 4 is 43.5 Å². The first-order valence-corrected chi connectivity index (χ1v) is 13.2. The molecule has 0 saturated carbocycles. The SMILES string of the molecule is CS(=O)(=O)NCc1cccc(-c2nc3c(N4CCOCC4)nc(-c4cnc(N)nc4)nc3s2)c1. The molecule has 11 nitrogen and oxygen atoms in total. The molecule has 3 N–H and O–H groups in total. The number of benzene rings is 1. The molecule has 34 heavy (non-hydrogen) atoms. The molecule has 1 aromatic carbocycles. The van der Waals surface area contributed by atoms with Crippen molar-refractivity contribution in [3.05, 3.63) is 42.2 Å². The zero-order valence-corrected chi connectivity index (χ0v) is 19.9. The second-order valence-electron chi connectivity index (χ2n) is 7.77. The maximum absolute atomic E-state index is 11.5. The molecule has 5 rings (SSSR count). The highest BCUT2D eigenvalue weighted by Crippen LogP contribution is 2.35. The molecular formula is C21H22N8O3S2. The van der Waals surface area contributed by atoms with Crippen molar-refractivity contribution < 1.29 is 13.2 Å². The molecule has 3 aromatic heterocycles. The van der Waals surface area contributed by atoms with Gasteiger partial charge in [-0.1, -0.05) is 29.5 Å². The van der Waals surface area contributed by atoms with E-state index >= 15 is 0 Å². The van der Waals surface area contributed by atoms with Crippen LogP contribution < -0.4 is 15.4 Å². The number of thiazole rings is 1. The fraction of sp³-hybridized carbons (Fsp3) is 0.286. The van der Waals surface area contributed by atoms with Gasteiger partial charge in [0.05, 0.1) is 25.0 Å². The fourth-order valence-electron chi connectivity index (χ4n) is 3.54. The number of nitrogen functional groups attached to an aromatic ring is 1. The number of anilines is 2. The standard InChI is InChI=1S/C21H22N8O3S2/c1-34(30,31)25-10-13-3-2-4-14(9-13)19-26-16-18(29-5-7-32-8-6-29)27-17(28-20(16)33-19)15-11-23-21(22)24-12-15/h2-4,9,11-12,25H,5-8,10H2,1H3,(H2,22,23,24). The van der Waals surface area contributed by atoms with Gasteiger partial charge in [-0.05, 0) is 11.6 Å². The van der Waals surface area contributed by atoms with Crippen LogP contribution in [0.3, 0.4) is 0 Å². The summed E-state index contributed by atoms with van der Waals surface area (Å²) in [7, 11) is -3.29. The second-order valence-corrected chi connectivity index (χ2v) is 10.6. The number of hydrogen-bond acceptors (Lipinski definition) is 11. The number of nitrogens with one attached hydrogen (secondary N) is 1. The third-order valence-electron chi connectivity index (χ3n) is 5.19. The van der Waals surface area contributed by atoms with Gasteiger partial charge in [-0.15, -0.1) is 0 Å². The van der Waals surface area contributed by atoms with E-state index in [-0.39, 0.29) is 12.5 Å². The van der Waals surface area contributed by atoms with Crippen molar-refractivity contribution in [2.45, 2.75) is 6.54 Å². The molecule has 0 spiro atoms. The van der Waals surface area contributed by atoms with Gasteiger partial charge in [0.1, 0.15) is 15.4 Å². The van der Waals surface area contributed by atoms with Gasteiger partial charge in [0, 0.05) is 37.6 Å². The molecule has 4 aromatic rings. The minimum Gasteiger partial charge on any atom is -0.378 e. The Labute approximate surface area is 200 Å². The van der Waals surface area contributed by atoms with E-state index in [9.17, 15) is 8.42 Å². The molecule has 0 radical (unpaired) electrons. The van der Waals surface area contributed by atoms with E-state index in [1.54, 1.807) is 12.4 Å². The second kappa shape index (κ2) is 9.18. The fourth-order valence-corrected chi connectivity index (χ4v) is 4.90. The zero-order valence-electron chi connectivity index (χ0n) is 18.3. The van der Waals surface area contributed by atoms with Crippen LogP contribution in [-0.4, -0.2) is 65.9 Å². The Balaban J connectivity index is 1.58. The van der Waals surface area contributed by atoms with E-state index < -0.39 is 10.0 Å². The van der Waals surface area contributed by atoms with Gasteiger partial charge in [0.15, 0.2) is 11.6 Å². The normalized spacial score (nSPS) is 14.6. The first kappa shape index (κ1) is 22.5. The minimum atomic E-state index is -3.29. The molecule has 0 unspecified atom stereocenters. The van der Waals surface area contributed by atoms with Gasteiger partial charge >= 0.3 is 0 Å². The van der Waals surface area contributed by atoms with Gasteiger partial charge in [-0.3, -0.25) is 0 Å². The van der Waals surface area contributed by atoms with Gasteiger partial charge in [0.25, 0.3) is 0 Å². The summed E-state index contributed by atoms with van der Waals surface area (Å²) in [6, 6.07) is 7.62. The average molecular weight is 499 g/mol. The Morgan fingerprint density at radius 2 is 1.88 bits per heavy atom. The number of sulfonamides is 1. The lowest BCUT2D eigenvalue weighted by atomic mass is 10.1. The number of ether oxygens (including phenoxy) is 1. The van der Waals surface area contributed by atoms with E-state index in [0.29, 0.717) is 43.2 Å². The number of hydrogen-bond donors (Lipinski definition) is 2. The highest BCUT2D eigenvalue weighted by atomic mass is 32.2. The first-order valence-electron chi connectivity index (χ1n) is 10.5. The molecule has 0 aliphatic carbocycles. The lowest BCUT2D eigenvalue weighted by molar-refractivity contribution is 0.122. The van der Waals surface area contributed by atoms with Crippen LogP contribution in [0.2, 0.25) is 0 Å². The summed E-state index contributed by atoms with van der Waals surface area (Å²) in [5.41, 5.74) is 8.72. The molecule has 1 saturated heterocycles. The van der Waals surface area contributed by atoms with E-state index in [1.807, 2.05) is 24.3 Å². The number of rotatable bonds is 6. The van der Waals surface area contributed by atoms with Crippen molar-refractivity contribution in [1.82, 2.24) is 29.6 Å². The molecule has 0 bridgehead atoms. The Hall–Kier alpha value is -3.26. The van der Waals surface area contributed by atoms with Crippen LogP contribution in [0, 0.1) is 0 Å². The first-order chi connectivity index (χ1) is 16.4. The molecular weight excluding hydrogens is 476 g/mol. The third kappa shape index (κ3) is 4.97. The molecule has 1 aliphatic rings. The van der Waals surface area contributed by atoms with Crippen molar-refractivity contribution in [3.63, 3.8) is 0 Å². The maximum Gasteiger partial charge on any atom is 0.219 e. The topological polar surface area (TPSA) is 149 Å². The summed E-state index contributed by atoms with van der Waals surface area (Å²) in [5.74, 6) is 1.41. The number of nitrogens with two attached hydrogens (primary N) is 1. The zero-order chi connectivity index (χ0) is 23.7. The quantitative estimate of drug-likeness (QED) is 0.402. The molecule has 0 atom stereocenters. The summed E-state index contributed by atoms with van der Waals surface area (Å²) in [6.07, 6.45) is 4.35. The number of morpholine rings is 1. The molecule has 4 heterocycles. The molecule has 13 heteroatoms. The van der Waals surface area contributed by atoms with Crippen LogP contribution in [0.1, 0.15) is 5.56 Å². The van der Waals surface area contributed by atoms with Crippen LogP contribution in [0.5, 0.6) is 0 Å². The van der Waals surface area contributed by atoms with Gasteiger partial charge < -0.3 is 15.4 Å². The van der Waals surface area contributed by atoms with Crippen molar-refractivity contribution in [3.8, 4) is 22.0 Å². The van der Waals surface area contributed by atoms with E-state index in [2.05, 4.69) is 19.6 Å². The van der Waals surface area contributed by atoms with Gasteiger partial charge in [0.2, 0.25) is 16.0 Å². The smallest absolute Gasteiger partial charge is 0.219 e. The monoisotopic (exact) mass is 498 g/mol. The number of nitrogens with zero attached hydrogens (tertiary/aromatic N) is 6.